The van der Waals surface area contributed by atoms with Crippen LogP contribution in [0.2, 0.25) is 0 Å². The molecule has 0 amide bonds. The summed E-state index contributed by atoms with van der Waals surface area (Å²) in [7, 11) is 0. The Kier molecular flexibility index (Phi) is 11.2. The molecule has 0 aromatic carbocycles. The first kappa shape index (κ1) is 24.5. The van der Waals surface area contributed by atoms with Gasteiger partial charge in [-0.1, -0.05) is 0 Å². The predicted molar refractivity (Wildman–Crippen MR) is 92.7 cm³/mol. The Morgan fingerprint density at radius 3 is 1.43 bits per heavy atom. The number of aromatic nitrogens is 2. The van der Waals surface area contributed by atoms with Crippen molar-refractivity contribution >= 4 is 29.7 Å². The lowest BCUT2D eigenvalue weighted by Gasteiger charge is -2.23. The van der Waals surface area contributed by atoms with Crippen molar-refractivity contribution in [2.24, 2.45) is 0 Å². The van der Waals surface area contributed by atoms with Crippen LogP contribution in [0.1, 0.15) is 0 Å². The molecule has 28 heavy (non-hydrogen) atoms. The average Bonchev–Trinajstić information content (AvgIpc) is 2.50. The van der Waals surface area contributed by atoms with E-state index in [2.05, 4.69) is 9.97 Å². The molecule has 1 aromatic heterocycles. The molecule has 0 unspecified atom stereocenters. The van der Waals surface area contributed by atoms with Gasteiger partial charge in [0, 0.05) is 19.3 Å². The van der Waals surface area contributed by atoms with E-state index in [4.69, 9.17) is 26.2 Å². The van der Waals surface area contributed by atoms with Gasteiger partial charge in [-0.05, 0) is 6.07 Å². The number of nitrogens with two attached hydrogens (primary N) is 1. The van der Waals surface area contributed by atoms with E-state index < -0.39 is 55.7 Å². The maximum Gasteiger partial charge on any atom is 0.346 e. The molecule has 0 fully saturated rings. The Hall–Kier alpha value is -3.52. The maximum atomic E-state index is 10.6. The van der Waals surface area contributed by atoms with Gasteiger partial charge in [-0.2, -0.15) is 0 Å². The Bertz CT molecular complexity index is 668. The summed E-state index contributed by atoms with van der Waals surface area (Å²) in [6.45, 7) is -2.25. The number of anilines is 1. The quantitative estimate of drug-likeness (QED) is 0.221. The highest BCUT2D eigenvalue weighted by molar-refractivity contribution is 5.73. The number of aromatic amines is 1. The van der Waals surface area contributed by atoms with Crippen LogP contribution in [0, 0.1) is 0 Å². The van der Waals surface area contributed by atoms with Crippen molar-refractivity contribution in [3.05, 3.63) is 22.7 Å². The lowest BCUT2D eigenvalue weighted by molar-refractivity contribution is -0.145. The standard InChI is InChI=1S/C10H16N2O8.C4H5N3O/c13-7(14)3-11(4-8(15)16)1-2-12(5-9(17)18)6-10(19)20;5-3-1-2-6-4(8)7-3/h1-6H2,(H,13,14)(H,15,16)(H,17,18)(H,19,20);1-2H,(H3,5,6,7,8). The van der Waals surface area contributed by atoms with Crippen molar-refractivity contribution in [1.82, 2.24) is 19.8 Å². The Morgan fingerprint density at radius 2 is 1.21 bits per heavy atom. The van der Waals surface area contributed by atoms with Gasteiger partial charge in [0.05, 0.1) is 26.2 Å². The van der Waals surface area contributed by atoms with Crippen LogP contribution in [0.15, 0.2) is 17.1 Å². The van der Waals surface area contributed by atoms with Crippen LogP contribution in [0.3, 0.4) is 0 Å². The van der Waals surface area contributed by atoms with Crippen LogP contribution >= 0.6 is 0 Å². The molecule has 1 rings (SSSR count). The normalized spacial score (nSPS) is 10.2. The van der Waals surface area contributed by atoms with Crippen molar-refractivity contribution in [2.45, 2.75) is 0 Å². The van der Waals surface area contributed by atoms with Crippen LogP contribution in [-0.2, 0) is 19.2 Å². The smallest absolute Gasteiger partial charge is 0.346 e. The summed E-state index contributed by atoms with van der Waals surface area (Å²) in [4.78, 5) is 60.2. The zero-order valence-corrected chi connectivity index (χ0v) is 14.6. The topological polar surface area (TPSA) is 227 Å². The molecule has 1 aromatic rings. The second kappa shape index (κ2) is 12.8. The number of nitrogens with one attached hydrogen (secondary N) is 1. The number of nitrogens with zero attached hydrogens (tertiary/aromatic N) is 3. The van der Waals surface area contributed by atoms with E-state index >= 15 is 0 Å². The number of aliphatic carboxylic acids is 4. The van der Waals surface area contributed by atoms with E-state index in [0.29, 0.717) is 5.82 Å². The minimum absolute atomic E-state index is 0.0703. The van der Waals surface area contributed by atoms with Crippen LogP contribution in [0.25, 0.3) is 0 Å². The first-order chi connectivity index (χ1) is 13.0. The fourth-order valence-corrected chi connectivity index (χ4v) is 1.86. The summed E-state index contributed by atoms with van der Waals surface area (Å²) in [6, 6.07) is 1.52. The molecule has 0 bridgehead atoms. The lowest BCUT2D eigenvalue weighted by Crippen LogP contribution is -2.43. The summed E-state index contributed by atoms with van der Waals surface area (Å²) >= 11 is 0. The third-order valence-electron chi connectivity index (χ3n) is 2.87. The molecule has 0 aliphatic carbocycles. The summed E-state index contributed by atoms with van der Waals surface area (Å²) in [6.07, 6.45) is 1.36. The minimum atomic E-state index is -1.23. The lowest BCUT2D eigenvalue weighted by atomic mass is 10.4. The van der Waals surface area contributed by atoms with Gasteiger partial charge in [-0.3, -0.25) is 34.0 Å². The molecule has 0 atom stereocenters. The van der Waals surface area contributed by atoms with Crippen molar-refractivity contribution in [3.63, 3.8) is 0 Å². The second-order valence-electron chi connectivity index (χ2n) is 5.33. The number of hydrogen-bond acceptors (Lipinski definition) is 9. The second-order valence-corrected chi connectivity index (χ2v) is 5.33. The SMILES string of the molecule is Nc1ccnc(=O)[nH]1.O=C(O)CN(CCN(CC(=O)O)CC(=O)O)CC(=O)O. The van der Waals surface area contributed by atoms with Gasteiger partial charge in [0.15, 0.2) is 0 Å². The van der Waals surface area contributed by atoms with Gasteiger partial charge < -0.3 is 26.2 Å². The van der Waals surface area contributed by atoms with E-state index in [1.165, 1.54) is 12.3 Å². The highest BCUT2D eigenvalue weighted by Gasteiger charge is 2.17. The maximum absolute atomic E-state index is 10.6. The fourth-order valence-electron chi connectivity index (χ4n) is 1.86. The summed E-state index contributed by atoms with van der Waals surface area (Å²) in [5, 5.41) is 34.5. The molecule has 0 saturated carbocycles. The molecule has 0 aliphatic rings. The zero-order valence-electron chi connectivity index (χ0n) is 14.6. The molecule has 1 heterocycles. The molecule has 0 aliphatic heterocycles. The Labute approximate surface area is 157 Å². The van der Waals surface area contributed by atoms with E-state index in [1.54, 1.807) is 0 Å². The number of nitrogen functional groups attached to an aromatic ring is 1. The largest absolute Gasteiger partial charge is 0.480 e. The van der Waals surface area contributed by atoms with Crippen molar-refractivity contribution in [2.75, 3.05) is 45.0 Å². The monoisotopic (exact) mass is 403 g/mol. The molecule has 14 nitrogen and oxygen atoms in total. The number of H-pyrrole nitrogens is 1. The molecule has 0 saturated heterocycles. The molecule has 7 N–H and O–H groups in total. The third kappa shape index (κ3) is 13.7. The van der Waals surface area contributed by atoms with Crippen LogP contribution in [0.4, 0.5) is 5.82 Å². The van der Waals surface area contributed by atoms with Crippen LogP contribution in [0.5, 0.6) is 0 Å². The van der Waals surface area contributed by atoms with Gasteiger partial charge in [0.2, 0.25) is 0 Å². The minimum Gasteiger partial charge on any atom is -0.480 e. The van der Waals surface area contributed by atoms with Gasteiger partial charge in [0.25, 0.3) is 0 Å². The third-order valence-corrected chi connectivity index (χ3v) is 2.87. The highest BCUT2D eigenvalue weighted by atomic mass is 16.4. The van der Waals surface area contributed by atoms with Crippen molar-refractivity contribution in [3.8, 4) is 0 Å². The molecule has 14 heteroatoms. The van der Waals surface area contributed by atoms with E-state index in [9.17, 15) is 24.0 Å². The van der Waals surface area contributed by atoms with E-state index in [-0.39, 0.29) is 13.1 Å². The number of hydrogen-bond donors (Lipinski definition) is 6. The number of carboxylic acids is 4. The fraction of sp³-hybridized carbons (Fsp3) is 0.429. The number of carbonyl (C=O) groups is 4. The molecular formula is C14H21N5O9. The van der Waals surface area contributed by atoms with Gasteiger partial charge in [-0.15, -0.1) is 0 Å². The predicted octanol–water partition coefficient (Wildman–Crippen LogP) is -2.72. The van der Waals surface area contributed by atoms with Crippen LogP contribution in [-0.4, -0.2) is 103 Å². The molecule has 0 radical (unpaired) electrons. The van der Waals surface area contributed by atoms with E-state index in [1.807, 2.05) is 0 Å². The average molecular weight is 403 g/mol. The summed E-state index contributed by atoms with van der Waals surface area (Å²) in [5.74, 6) is -4.57. The number of rotatable bonds is 11. The first-order valence-corrected chi connectivity index (χ1v) is 7.62. The Morgan fingerprint density at radius 1 is 0.857 bits per heavy atom. The Balaban J connectivity index is 0.000000749. The van der Waals surface area contributed by atoms with Crippen molar-refractivity contribution in [1.29, 1.82) is 0 Å². The molecule has 0 spiro atoms. The zero-order chi connectivity index (χ0) is 21.7. The van der Waals surface area contributed by atoms with Gasteiger partial charge in [0.1, 0.15) is 5.82 Å². The van der Waals surface area contributed by atoms with Gasteiger partial charge >= 0.3 is 29.6 Å². The van der Waals surface area contributed by atoms with Gasteiger partial charge in [-0.25, -0.2) is 9.78 Å². The highest BCUT2D eigenvalue weighted by Crippen LogP contribution is 1.94. The van der Waals surface area contributed by atoms with E-state index in [0.717, 1.165) is 9.80 Å². The van der Waals surface area contributed by atoms with Crippen LogP contribution < -0.4 is 11.4 Å². The number of carboxylic acid groups (broad SMARTS) is 4. The summed E-state index contributed by atoms with van der Waals surface area (Å²) in [5.41, 5.74) is 4.75. The summed E-state index contributed by atoms with van der Waals surface area (Å²) < 4.78 is 0. The van der Waals surface area contributed by atoms with Crippen molar-refractivity contribution < 1.29 is 39.6 Å². The molecular weight excluding hydrogens is 382 g/mol. The first-order valence-electron chi connectivity index (χ1n) is 7.62. The molecule has 156 valence electrons.